The summed E-state index contributed by atoms with van der Waals surface area (Å²) in [4.78, 5) is 22.2. The van der Waals surface area contributed by atoms with E-state index in [0.717, 1.165) is 10.6 Å². The third kappa shape index (κ3) is 3.96. The number of carbonyl (C=O) groups is 1. The number of rotatable bonds is 5. The van der Waals surface area contributed by atoms with E-state index in [0.29, 0.717) is 5.56 Å². The second-order valence-corrected chi connectivity index (χ2v) is 4.90. The Morgan fingerprint density at radius 2 is 1.76 bits per heavy atom. The van der Waals surface area contributed by atoms with Gasteiger partial charge in [0, 0.05) is 22.7 Å². The van der Waals surface area contributed by atoms with Gasteiger partial charge in [0.1, 0.15) is 0 Å². The first-order valence-electron chi connectivity index (χ1n) is 5.96. The molecule has 0 saturated heterocycles. The zero-order valence-corrected chi connectivity index (χ0v) is 11.9. The Kier molecular flexibility index (Phi) is 4.78. The van der Waals surface area contributed by atoms with Gasteiger partial charge in [-0.3, -0.25) is 10.1 Å². The Labute approximate surface area is 125 Å². The standard InChI is InChI=1S/C14H12N2O4S/c1-20-14(17)10-2-4-11(5-3-10)15-21-13-8-6-12(7-9-13)16(18)19/h2-9,15H,1H3. The average Bonchev–Trinajstić information content (AvgIpc) is 2.53. The molecule has 0 atom stereocenters. The van der Waals surface area contributed by atoms with Crippen molar-refractivity contribution in [3.63, 3.8) is 0 Å². The van der Waals surface area contributed by atoms with E-state index in [1.807, 2.05) is 0 Å². The van der Waals surface area contributed by atoms with Crippen molar-refractivity contribution in [2.45, 2.75) is 4.90 Å². The highest BCUT2D eigenvalue weighted by molar-refractivity contribution is 8.00. The van der Waals surface area contributed by atoms with Crippen LogP contribution in [0.4, 0.5) is 11.4 Å². The number of benzene rings is 2. The van der Waals surface area contributed by atoms with Crippen molar-refractivity contribution >= 4 is 29.3 Å². The molecule has 0 aliphatic rings. The van der Waals surface area contributed by atoms with Crippen LogP contribution in [0.25, 0.3) is 0 Å². The van der Waals surface area contributed by atoms with E-state index in [1.54, 1.807) is 36.4 Å². The van der Waals surface area contributed by atoms with Crippen molar-refractivity contribution in [3.8, 4) is 0 Å². The summed E-state index contributed by atoms with van der Waals surface area (Å²) in [6.07, 6.45) is 0. The van der Waals surface area contributed by atoms with E-state index in [4.69, 9.17) is 0 Å². The van der Waals surface area contributed by atoms with Gasteiger partial charge in [0.25, 0.3) is 5.69 Å². The van der Waals surface area contributed by atoms with Gasteiger partial charge in [0.05, 0.1) is 17.6 Å². The smallest absolute Gasteiger partial charge is 0.337 e. The monoisotopic (exact) mass is 304 g/mol. The first-order valence-corrected chi connectivity index (χ1v) is 6.77. The van der Waals surface area contributed by atoms with Crippen molar-refractivity contribution in [1.82, 2.24) is 0 Å². The molecule has 0 aliphatic carbocycles. The van der Waals surface area contributed by atoms with Crippen LogP contribution in [0.2, 0.25) is 0 Å². The number of nitrogens with one attached hydrogen (secondary N) is 1. The highest BCUT2D eigenvalue weighted by Gasteiger charge is 2.06. The van der Waals surface area contributed by atoms with E-state index in [1.165, 1.54) is 31.2 Å². The topological polar surface area (TPSA) is 81.5 Å². The van der Waals surface area contributed by atoms with Gasteiger partial charge in [0.2, 0.25) is 0 Å². The van der Waals surface area contributed by atoms with Crippen LogP contribution in [0, 0.1) is 10.1 Å². The molecule has 0 fully saturated rings. The minimum Gasteiger partial charge on any atom is -0.465 e. The van der Waals surface area contributed by atoms with Gasteiger partial charge in [-0.05, 0) is 48.3 Å². The Bertz CT molecular complexity index is 641. The lowest BCUT2D eigenvalue weighted by molar-refractivity contribution is -0.384. The molecule has 0 heterocycles. The van der Waals surface area contributed by atoms with Crippen LogP contribution in [0.5, 0.6) is 0 Å². The molecule has 2 aromatic carbocycles. The molecule has 21 heavy (non-hydrogen) atoms. The molecular formula is C14H12N2O4S. The maximum atomic E-state index is 11.3. The van der Waals surface area contributed by atoms with Crippen molar-refractivity contribution in [2.75, 3.05) is 11.8 Å². The van der Waals surface area contributed by atoms with Crippen molar-refractivity contribution in [3.05, 3.63) is 64.2 Å². The molecule has 2 rings (SSSR count). The van der Waals surface area contributed by atoms with Gasteiger partial charge in [-0.15, -0.1) is 0 Å². The van der Waals surface area contributed by atoms with Crippen LogP contribution in [-0.2, 0) is 4.74 Å². The Balaban J connectivity index is 1.96. The normalized spacial score (nSPS) is 9.95. The summed E-state index contributed by atoms with van der Waals surface area (Å²) < 4.78 is 7.70. The van der Waals surface area contributed by atoms with E-state index in [-0.39, 0.29) is 11.7 Å². The predicted molar refractivity (Wildman–Crippen MR) is 80.4 cm³/mol. The molecule has 7 heteroatoms. The maximum Gasteiger partial charge on any atom is 0.337 e. The summed E-state index contributed by atoms with van der Waals surface area (Å²) in [6, 6.07) is 13.1. The third-order valence-electron chi connectivity index (χ3n) is 2.64. The van der Waals surface area contributed by atoms with Crippen molar-refractivity contribution < 1.29 is 14.5 Å². The number of non-ortho nitro benzene ring substituents is 1. The lowest BCUT2D eigenvalue weighted by Gasteiger charge is -2.06. The van der Waals surface area contributed by atoms with Gasteiger partial charge in [-0.2, -0.15) is 0 Å². The second kappa shape index (κ2) is 6.76. The SMILES string of the molecule is COC(=O)c1ccc(NSc2ccc([N+](=O)[O-])cc2)cc1. The number of esters is 1. The highest BCUT2D eigenvalue weighted by atomic mass is 32.2. The molecule has 108 valence electrons. The summed E-state index contributed by atoms with van der Waals surface area (Å²) in [5.74, 6) is -0.385. The molecule has 6 nitrogen and oxygen atoms in total. The van der Waals surface area contributed by atoms with Gasteiger partial charge in [-0.25, -0.2) is 4.79 Å². The molecule has 1 N–H and O–H groups in total. The average molecular weight is 304 g/mol. The van der Waals surface area contributed by atoms with Crippen LogP contribution in [-0.4, -0.2) is 18.0 Å². The van der Waals surface area contributed by atoms with Crippen LogP contribution in [0.1, 0.15) is 10.4 Å². The summed E-state index contributed by atoms with van der Waals surface area (Å²) in [5, 5.41) is 10.5. The molecule has 0 unspecified atom stereocenters. The Morgan fingerprint density at radius 1 is 1.14 bits per heavy atom. The van der Waals surface area contributed by atoms with Crippen LogP contribution in [0.3, 0.4) is 0 Å². The zero-order valence-electron chi connectivity index (χ0n) is 11.1. The highest BCUT2D eigenvalue weighted by Crippen LogP contribution is 2.23. The zero-order chi connectivity index (χ0) is 15.2. The molecular weight excluding hydrogens is 292 g/mol. The number of hydrogen-bond donors (Lipinski definition) is 1. The second-order valence-electron chi connectivity index (χ2n) is 4.02. The molecule has 0 aliphatic heterocycles. The van der Waals surface area contributed by atoms with Crippen LogP contribution >= 0.6 is 11.9 Å². The summed E-state index contributed by atoms with van der Waals surface area (Å²) in [6.45, 7) is 0. The number of hydrogen-bond acceptors (Lipinski definition) is 6. The van der Waals surface area contributed by atoms with Crippen molar-refractivity contribution in [2.24, 2.45) is 0 Å². The first-order chi connectivity index (χ1) is 10.1. The Hall–Kier alpha value is -2.54. The number of nitrogens with zero attached hydrogens (tertiary/aromatic N) is 1. The van der Waals surface area contributed by atoms with Crippen molar-refractivity contribution in [1.29, 1.82) is 0 Å². The van der Waals surface area contributed by atoms with Gasteiger partial charge < -0.3 is 9.46 Å². The quantitative estimate of drug-likeness (QED) is 0.394. The fourth-order valence-corrected chi connectivity index (χ4v) is 2.19. The number of carbonyl (C=O) groups excluding carboxylic acids is 1. The third-order valence-corrected chi connectivity index (χ3v) is 3.49. The fourth-order valence-electron chi connectivity index (χ4n) is 1.55. The van der Waals surface area contributed by atoms with Gasteiger partial charge in [0.15, 0.2) is 0 Å². The summed E-state index contributed by atoms with van der Waals surface area (Å²) in [5.41, 5.74) is 1.34. The molecule has 2 aromatic rings. The van der Waals surface area contributed by atoms with Gasteiger partial charge >= 0.3 is 5.97 Å². The first kappa shape index (κ1) is 14.9. The van der Waals surface area contributed by atoms with E-state index < -0.39 is 4.92 Å². The molecule has 0 amide bonds. The molecule has 0 bridgehead atoms. The minimum absolute atomic E-state index is 0.0572. The summed E-state index contributed by atoms with van der Waals surface area (Å²) in [7, 11) is 1.33. The fraction of sp³-hybridized carbons (Fsp3) is 0.0714. The van der Waals surface area contributed by atoms with E-state index >= 15 is 0 Å². The number of anilines is 1. The molecule has 0 saturated carbocycles. The largest absolute Gasteiger partial charge is 0.465 e. The number of nitro groups is 1. The maximum absolute atomic E-state index is 11.3. The molecule has 0 spiro atoms. The van der Waals surface area contributed by atoms with Crippen LogP contribution in [0.15, 0.2) is 53.4 Å². The van der Waals surface area contributed by atoms with Crippen LogP contribution < -0.4 is 4.72 Å². The minimum atomic E-state index is -0.437. The summed E-state index contributed by atoms with van der Waals surface area (Å²) >= 11 is 1.33. The van der Waals surface area contributed by atoms with Gasteiger partial charge in [-0.1, -0.05) is 0 Å². The van der Waals surface area contributed by atoms with E-state index in [2.05, 4.69) is 9.46 Å². The Morgan fingerprint density at radius 3 is 2.29 bits per heavy atom. The molecule has 0 radical (unpaired) electrons. The lowest BCUT2D eigenvalue weighted by atomic mass is 10.2. The number of nitro benzene ring substituents is 1. The molecule has 0 aromatic heterocycles. The van der Waals surface area contributed by atoms with E-state index in [9.17, 15) is 14.9 Å². The predicted octanol–water partition coefficient (Wildman–Crippen LogP) is 3.50. The number of methoxy groups -OCH3 is 1. The lowest BCUT2D eigenvalue weighted by Crippen LogP contribution is -2.00. The number of ether oxygens (including phenoxy) is 1.